The Morgan fingerprint density at radius 1 is 1.15 bits per heavy atom. The molecular formula is C17H19NO2. The predicted octanol–water partition coefficient (Wildman–Crippen LogP) is 3.29. The normalized spacial score (nSPS) is 12.7. The van der Waals surface area contributed by atoms with Gasteiger partial charge in [-0.15, -0.1) is 0 Å². The van der Waals surface area contributed by atoms with E-state index in [1.807, 2.05) is 56.3 Å². The average Bonchev–Trinajstić information content (AvgIpc) is 2.46. The van der Waals surface area contributed by atoms with E-state index in [2.05, 4.69) is 0 Å². The monoisotopic (exact) mass is 269 g/mol. The maximum absolute atomic E-state index is 12.4. The molecule has 3 nitrogen and oxygen atoms in total. The standard InChI is InChI=1S/C17H19NO2/c1-17(2,20-3)16(18)11-15(19)14-10-6-8-12-7-4-5-9-13(12)14/h4-11H,18H2,1-3H3. The number of benzene rings is 2. The molecule has 0 saturated heterocycles. The summed E-state index contributed by atoms with van der Waals surface area (Å²) in [5.41, 5.74) is 6.37. The van der Waals surface area contributed by atoms with E-state index in [4.69, 9.17) is 10.5 Å². The van der Waals surface area contributed by atoms with Crippen LogP contribution in [-0.4, -0.2) is 18.5 Å². The second-order valence-corrected chi connectivity index (χ2v) is 5.21. The predicted molar refractivity (Wildman–Crippen MR) is 81.6 cm³/mol. The van der Waals surface area contributed by atoms with E-state index in [1.165, 1.54) is 6.08 Å². The maximum atomic E-state index is 12.4. The molecule has 0 radical (unpaired) electrons. The largest absolute Gasteiger partial charge is 0.400 e. The van der Waals surface area contributed by atoms with Crippen LogP contribution in [-0.2, 0) is 4.74 Å². The van der Waals surface area contributed by atoms with Gasteiger partial charge in [-0.05, 0) is 24.6 Å². The molecule has 0 unspecified atom stereocenters. The second-order valence-electron chi connectivity index (χ2n) is 5.21. The summed E-state index contributed by atoms with van der Waals surface area (Å²) in [6.07, 6.45) is 1.45. The van der Waals surface area contributed by atoms with E-state index in [0.717, 1.165) is 10.8 Å². The molecular weight excluding hydrogens is 250 g/mol. The van der Waals surface area contributed by atoms with Crippen molar-refractivity contribution >= 4 is 16.6 Å². The number of allylic oxidation sites excluding steroid dienone is 1. The van der Waals surface area contributed by atoms with Crippen LogP contribution in [0.4, 0.5) is 0 Å². The van der Waals surface area contributed by atoms with E-state index < -0.39 is 5.60 Å². The second kappa shape index (κ2) is 5.47. The first-order valence-electron chi connectivity index (χ1n) is 6.50. The van der Waals surface area contributed by atoms with Gasteiger partial charge >= 0.3 is 0 Å². The Labute approximate surface area is 119 Å². The van der Waals surface area contributed by atoms with Crippen LogP contribution in [0.15, 0.2) is 54.2 Å². The fourth-order valence-corrected chi connectivity index (χ4v) is 1.95. The topological polar surface area (TPSA) is 52.3 Å². The highest BCUT2D eigenvalue weighted by Crippen LogP contribution is 2.21. The van der Waals surface area contributed by atoms with Crippen molar-refractivity contribution in [3.8, 4) is 0 Å². The fraction of sp³-hybridized carbons (Fsp3) is 0.235. The van der Waals surface area contributed by atoms with Crippen LogP contribution >= 0.6 is 0 Å². The van der Waals surface area contributed by atoms with Crippen molar-refractivity contribution in [3.63, 3.8) is 0 Å². The van der Waals surface area contributed by atoms with Crippen molar-refractivity contribution < 1.29 is 9.53 Å². The van der Waals surface area contributed by atoms with E-state index in [0.29, 0.717) is 11.3 Å². The number of ether oxygens (including phenoxy) is 1. The van der Waals surface area contributed by atoms with E-state index in [-0.39, 0.29) is 5.78 Å². The Balaban J connectivity index is 2.45. The van der Waals surface area contributed by atoms with Crippen LogP contribution in [0.2, 0.25) is 0 Å². The van der Waals surface area contributed by atoms with E-state index in [1.54, 1.807) is 7.11 Å². The third-order valence-corrected chi connectivity index (χ3v) is 3.55. The molecule has 0 fully saturated rings. The molecule has 0 bridgehead atoms. The lowest BCUT2D eigenvalue weighted by Crippen LogP contribution is -2.31. The highest BCUT2D eigenvalue weighted by molar-refractivity contribution is 6.13. The minimum absolute atomic E-state index is 0.107. The molecule has 0 saturated carbocycles. The van der Waals surface area contributed by atoms with Gasteiger partial charge in [-0.2, -0.15) is 0 Å². The minimum Gasteiger partial charge on any atom is -0.400 e. The molecule has 3 heteroatoms. The Kier molecular flexibility index (Phi) is 3.91. The van der Waals surface area contributed by atoms with Gasteiger partial charge in [-0.3, -0.25) is 4.79 Å². The van der Waals surface area contributed by atoms with E-state index >= 15 is 0 Å². The lowest BCUT2D eigenvalue weighted by atomic mass is 9.98. The summed E-state index contributed by atoms with van der Waals surface area (Å²) in [4.78, 5) is 12.4. The van der Waals surface area contributed by atoms with Gasteiger partial charge < -0.3 is 10.5 Å². The summed E-state index contributed by atoms with van der Waals surface area (Å²) >= 11 is 0. The number of fused-ring (bicyclic) bond motifs is 1. The van der Waals surface area contributed by atoms with Gasteiger partial charge in [0.15, 0.2) is 5.78 Å². The van der Waals surface area contributed by atoms with Gasteiger partial charge in [-0.1, -0.05) is 42.5 Å². The smallest absolute Gasteiger partial charge is 0.188 e. The number of nitrogens with two attached hydrogens (primary N) is 1. The molecule has 0 amide bonds. The van der Waals surface area contributed by atoms with Gasteiger partial charge in [0.2, 0.25) is 0 Å². The number of hydrogen-bond donors (Lipinski definition) is 1. The summed E-state index contributed by atoms with van der Waals surface area (Å²) in [6.45, 7) is 3.66. The Morgan fingerprint density at radius 3 is 2.50 bits per heavy atom. The number of ketones is 1. The third kappa shape index (κ3) is 2.73. The van der Waals surface area contributed by atoms with Crippen LogP contribution in [0, 0.1) is 0 Å². The summed E-state index contributed by atoms with van der Waals surface area (Å²) in [6, 6.07) is 13.5. The number of hydrogen-bond acceptors (Lipinski definition) is 3. The molecule has 2 aromatic rings. The van der Waals surface area contributed by atoms with Gasteiger partial charge in [0.25, 0.3) is 0 Å². The molecule has 0 aliphatic heterocycles. The molecule has 0 atom stereocenters. The lowest BCUT2D eigenvalue weighted by Gasteiger charge is -2.23. The maximum Gasteiger partial charge on any atom is 0.188 e. The van der Waals surface area contributed by atoms with E-state index in [9.17, 15) is 4.79 Å². The van der Waals surface area contributed by atoms with Crippen LogP contribution < -0.4 is 5.73 Å². The van der Waals surface area contributed by atoms with Gasteiger partial charge in [0.05, 0.1) is 0 Å². The molecule has 2 rings (SSSR count). The van der Waals surface area contributed by atoms with Crippen molar-refractivity contribution in [2.75, 3.05) is 7.11 Å². The van der Waals surface area contributed by atoms with Crippen LogP contribution in [0.3, 0.4) is 0 Å². The zero-order valence-electron chi connectivity index (χ0n) is 12.0. The first-order chi connectivity index (χ1) is 9.45. The van der Waals surface area contributed by atoms with Crippen molar-refractivity contribution in [3.05, 3.63) is 59.8 Å². The lowest BCUT2D eigenvalue weighted by molar-refractivity contribution is 0.0532. The van der Waals surface area contributed by atoms with Gasteiger partial charge in [0.1, 0.15) is 5.60 Å². The third-order valence-electron chi connectivity index (χ3n) is 3.55. The summed E-state index contributed by atoms with van der Waals surface area (Å²) in [5.74, 6) is -0.107. The number of rotatable bonds is 4. The summed E-state index contributed by atoms with van der Waals surface area (Å²) < 4.78 is 5.28. The Morgan fingerprint density at radius 2 is 1.80 bits per heavy atom. The number of carbonyl (C=O) groups is 1. The average molecular weight is 269 g/mol. The van der Waals surface area contributed by atoms with Gasteiger partial charge in [0, 0.05) is 24.4 Å². The molecule has 0 heterocycles. The zero-order chi connectivity index (χ0) is 14.8. The zero-order valence-corrected chi connectivity index (χ0v) is 12.0. The Bertz CT molecular complexity index is 666. The van der Waals surface area contributed by atoms with Gasteiger partial charge in [-0.25, -0.2) is 0 Å². The van der Waals surface area contributed by atoms with Crippen LogP contribution in [0.1, 0.15) is 24.2 Å². The highest BCUT2D eigenvalue weighted by atomic mass is 16.5. The molecule has 0 aromatic heterocycles. The Hall–Kier alpha value is -2.13. The van der Waals surface area contributed by atoms with Crippen molar-refractivity contribution in [1.82, 2.24) is 0 Å². The quantitative estimate of drug-likeness (QED) is 0.684. The molecule has 0 spiro atoms. The fourth-order valence-electron chi connectivity index (χ4n) is 1.95. The number of methoxy groups -OCH3 is 1. The molecule has 2 N–H and O–H groups in total. The molecule has 2 aromatic carbocycles. The molecule has 20 heavy (non-hydrogen) atoms. The molecule has 0 aliphatic carbocycles. The van der Waals surface area contributed by atoms with Crippen molar-refractivity contribution in [2.24, 2.45) is 5.73 Å². The first-order valence-corrected chi connectivity index (χ1v) is 6.50. The highest BCUT2D eigenvalue weighted by Gasteiger charge is 2.21. The van der Waals surface area contributed by atoms with Crippen LogP contribution in [0.5, 0.6) is 0 Å². The van der Waals surface area contributed by atoms with Crippen LogP contribution in [0.25, 0.3) is 10.8 Å². The SMILES string of the molecule is COC(C)(C)C(N)=CC(=O)c1cccc2ccccc12. The number of carbonyl (C=O) groups excluding carboxylic acids is 1. The summed E-state index contributed by atoms with van der Waals surface area (Å²) in [5, 5.41) is 1.97. The van der Waals surface area contributed by atoms with Crippen molar-refractivity contribution in [2.45, 2.75) is 19.4 Å². The minimum atomic E-state index is -0.653. The summed E-state index contributed by atoms with van der Waals surface area (Å²) in [7, 11) is 1.57. The van der Waals surface area contributed by atoms with Crippen molar-refractivity contribution in [1.29, 1.82) is 0 Å². The molecule has 0 aliphatic rings. The first kappa shape index (κ1) is 14.3. The molecule has 104 valence electrons.